The minimum absolute atomic E-state index is 0.147. The van der Waals surface area contributed by atoms with Gasteiger partial charge in [0.25, 0.3) is 0 Å². The van der Waals surface area contributed by atoms with Gasteiger partial charge in [0, 0.05) is 12.3 Å². The Morgan fingerprint density at radius 2 is 1.91 bits per heavy atom. The highest BCUT2D eigenvalue weighted by Crippen LogP contribution is 2.13. The molecule has 1 N–H and O–H groups in total. The van der Waals surface area contributed by atoms with Gasteiger partial charge in [-0.3, -0.25) is 5.32 Å². The third kappa shape index (κ3) is 5.14. The van der Waals surface area contributed by atoms with Crippen molar-refractivity contribution in [1.82, 2.24) is 20.3 Å². The number of nitrogens with one attached hydrogen (secondary N) is 1. The number of thioether (sulfide) groups is 1. The lowest BCUT2D eigenvalue weighted by atomic mass is 10.1. The summed E-state index contributed by atoms with van der Waals surface area (Å²) in [5, 5.41) is 11.9. The number of hydrogen-bond acceptors (Lipinski definition) is 4. The number of aromatic nitrogens is 3. The summed E-state index contributed by atoms with van der Waals surface area (Å²) in [5.74, 6) is 2.26. The largest absolute Gasteiger partial charge is 0.292 e. The van der Waals surface area contributed by atoms with Crippen molar-refractivity contribution in [3.8, 4) is 0 Å². The van der Waals surface area contributed by atoms with Crippen LogP contribution in [0.5, 0.6) is 0 Å². The highest BCUT2D eigenvalue weighted by molar-refractivity contribution is 7.98. The molecule has 0 amide bonds. The zero-order valence-electron chi connectivity index (χ0n) is 13.7. The van der Waals surface area contributed by atoms with Crippen molar-refractivity contribution in [2.45, 2.75) is 52.1 Å². The maximum Gasteiger partial charge on any atom is 0.100 e. The normalized spacial score (nSPS) is 12.5. The predicted octanol–water partition coefficient (Wildman–Crippen LogP) is 3.79. The van der Waals surface area contributed by atoms with Gasteiger partial charge in [0.1, 0.15) is 6.17 Å². The Kier molecular flexibility index (Phi) is 6.93. The van der Waals surface area contributed by atoms with Crippen LogP contribution in [-0.4, -0.2) is 20.7 Å². The zero-order chi connectivity index (χ0) is 15.8. The highest BCUT2D eigenvalue weighted by atomic mass is 32.2. The SMILES string of the molecule is CCCc1cn(C(C)NCc2ccc(CSCC)cc2)nn1. The third-order valence-corrected chi connectivity index (χ3v) is 4.50. The van der Waals surface area contributed by atoms with E-state index in [2.05, 4.69) is 60.7 Å². The second-order valence-corrected chi connectivity index (χ2v) is 6.72. The molecule has 5 heteroatoms. The van der Waals surface area contributed by atoms with E-state index in [1.54, 1.807) is 0 Å². The van der Waals surface area contributed by atoms with Gasteiger partial charge in [-0.25, -0.2) is 4.68 Å². The number of nitrogens with zero attached hydrogens (tertiary/aromatic N) is 3. The maximum absolute atomic E-state index is 4.20. The fourth-order valence-electron chi connectivity index (χ4n) is 2.21. The number of hydrogen-bond donors (Lipinski definition) is 1. The summed E-state index contributed by atoms with van der Waals surface area (Å²) in [6, 6.07) is 8.85. The Bertz CT molecular complexity index is 550. The molecule has 0 fully saturated rings. The van der Waals surface area contributed by atoms with E-state index in [0.29, 0.717) is 0 Å². The van der Waals surface area contributed by atoms with Gasteiger partial charge in [-0.05, 0) is 30.2 Å². The van der Waals surface area contributed by atoms with Crippen molar-refractivity contribution in [3.05, 3.63) is 47.3 Å². The Balaban J connectivity index is 1.83. The molecule has 0 aliphatic heterocycles. The first kappa shape index (κ1) is 17.0. The van der Waals surface area contributed by atoms with E-state index in [-0.39, 0.29) is 6.17 Å². The van der Waals surface area contributed by atoms with Gasteiger partial charge >= 0.3 is 0 Å². The Morgan fingerprint density at radius 3 is 2.59 bits per heavy atom. The number of benzene rings is 1. The van der Waals surface area contributed by atoms with E-state index in [1.807, 2.05) is 22.6 Å². The van der Waals surface area contributed by atoms with Gasteiger partial charge in [-0.2, -0.15) is 11.8 Å². The lowest BCUT2D eigenvalue weighted by Crippen LogP contribution is -2.24. The molecular formula is C17H26N4S. The van der Waals surface area contributed by atoms with Gasteiger partial charge in [0.15, 0.2) is 0 Å². The van der Waals surface area contributed by atoms with Crippen LogP contribution in [0, 0.1) is 0 Å². The molecule has 2 aromatic rings. The van der Waals surface area contributed by atoms with Crippen LogP contribution >= 0.6 is 11.8 Å². The zero-order valence-corrected chi connectivity index (χ0v) is 14.6. The van der Waals surface area contributed by atoms with E-state index >= 15 is 0 Å². The van der Waals surface area contributed by atoms with E-state index in [0.717, 1.165) is 30.8 Å². The summed E-state index contributed by atoms with van der Waals surface area (Å²) in [6.45, 7) is 7.30. The Hall–Kier alpha value is -1.33. The number of aryl methyl sites for hydroxylation is 1. The van der Waals surface area contributed by atoms with Crippen LogP contribution in [0.3, 0.4) is 0 Å². The maximum atomic E-state index is 4.20. The first-order valence-electron chi connectivity index (χ1n) is 8.02. The second kappa shape index (κ2) is 8.96. The molecule has 1 heterocycles. The lowest BCUT2D eigenvalue weighted by molar-refractivity contribution is 0.390. The van der Waals surface area contributed by atoms with Crippen molar-refractivity contribution in [1.29, 1.82) is 0 Å². The summed E-state index contributed by atoms with van der Waals surface area (Å²) < 4.78 is 1.90. The van der Waals surface area contributed by atoms with Gasteiger partial charge in [0.2, 0.25) is 0 Å². The topological polar surface area (TPSA) is 42.7 Å². The molecule has 0 aliphatic carbocycles. The fourth-order valence-corrected chi connectivity index (χ4v) is 2.84. The van der Waals surface area contributed by atoms with Crippen LogP contribution in [0.4, 0.5) is 0 Å². The molecule has 1 aromatic carbocycles. The molecule has 0 spiro atoms. The molecule has 1 unspecified atom stereocenters. The first-order chi connectivity index (χ1) is 10.7. The van der Waals surface area contributed by atoms with Crippen LogP contribution in [0.15, 0.2) is 30.5 Å². The summed E-state index contributed by atoms with van der Waals surface area (Å²) >= 11 is 1.95. The van der Waals surface area contributed by atoms with Crippen LogP contribution in [0.25, 0.3) is 0 Å². The minimum Gasteiger partial charge on any atom is -0.292 e. The summed E-state index contributed by atoms with van der Waals surface area (Å²) in [7, 11) is 0. The lowest BCUT2D eigenvalue weighted by Gasteiger charge is -2.13. The molecule has 120 valence electrons. The van der Waals surface area contributed by atoms with E-state index in [4.69, 9.17) is 0 Å². The van der Waals surface area contributed by atoms with Crippen molar-refractivity contribution < 1.29 is 0 Å². The van der Waals surface area contributed by atoms with Crippen LogP contribution in [-0.2, 0) is 18.7 Å². The predicted molar refractivity (Wildman–Crippen MR) is 93.8 cm³/mol. The Morgan fingerprint density at radius 1 is 1.18 bits per heavy atom. The molecule has 0 saturated heterocycles. The van der Waals surface area contributed by atoms with E-state index in [1.165, 1.54) is 16.9 Å². The van der Waals surface area contributed by atoms with Gasteiger partial charge < -0.3 is 0 Å². The molecule has 1 atom stereocenters. The average molecular weight is 318 g/mol. The molecule has 4 nitrogen and oxygen atoms in total. The average Bonchev–Trinajstić information content (AvgIpc) is 3.01. The third-order valence-electron chi connectivity index (χ3n) is 3.56. The number of rotatable bonds is 9. The van der Waals surface area contributed by atoms with Crippen molar-refractivity contribution in [3.63, 3.8) is 0 Å². The molecule has 2 rings (SSSR count). The smallest absolute Gasteiger partial charge is 0.100 e. The highest BCUT2D eigenvalue weighted by Gasteiger charge is 2.07. The molecular weight excluding hydrogens is 292 g/mol. The van der Waals surface area contributed by atoms with Gasteiger partial charge in [0.05, 0.1) is 11.9 Å². The molecule has 0 bridgehead atoms. The van der Waals surface area contributed by atoms with E-state index < -0.39 is 0 Å². The molecule has 0 radical (unpaired) electrons. The van der Waals surface area contributed by atoms with Crippen molar-refractivity contribution in [2.75, 3.05) is 5.75 Å². The summed E-state index contributed by atoms with van der Waals surface area (Å²) in [5.41, 5.74) is 3.75. The molecule has 0 aliphatic rings. The molecule has 0 saturated carbocycles. The summed E-state index contributed by atoms with van der Waals surface area (Å²) in [4.78, 5) is 0. The van der Waals surface area contributed by atoms with Crippen LogP contribution in [0.2, 0.25) is 0 Å². The minimum atomic E-state index is 0.147. The monoisotopic (exact) mass is 318 g/mol. The fraction of sp³-hybridized carbons (Fsp3) is 0.529. The first-order valence-corrected chi connectivity index (χ1v) is 9.18. The van der Waals surface area contributed by atoms with Crippen molar-refractivity contribution >= 4 is 11.8 Å². The van der Waals surface area contributed by atoms with E-state index in [9.17, 15) is 0 Å². The molecule has 22 heavy (non-hydrogen) atoms. The van der Waals surface area contributed by atoms with Crippen molar-refractivity contribution in [2.24, 2.45) is 0 Å². The van der Waals surface area contributed by atoms with Gasteiger partial charge in [-0.15, -0.1) is 5.10 Å². The van der Waals surface area contributed by atoms with Crippen LogP contribution < -0.4 is 5.32 Å². The van der Waals surface area contributed by atoms with Gasteiger partial charge in [-0.1, -0.05) is 49.7 Å². The Labute approximate surface area is 137 Å². The molecule has 1 aromatic heterocycles. The standard InChI is InChI=1S/C17H26N4S/c1-4-6-17-12-21(20-19-17)14(3)18-11-15-7-9-16(10-8-15)13-22-5-2/h7-10,12,14,18H,4-6,11,13H2,1-3H3. The van der Waals surface area contributed by atoms with Crippen LogP contribution in [0.1, 0.15) is 50.2 Å². The summed E-state index contributed by atoms with van der Waals surface area (Å²) in [6.07, 6.45) is 4.27. The second-order valence-electron chi connectivity index (χ2n) is 5.45. The quantitative estimate of drug-likeness (QED) is 0.764.